The van der Waals surface area contributed by atoms with E-state index in [9.17, 15) is 9.59 Å². The van der Waals surface area contributed by atoms with E-state index in [0.717, 1.165) is 5.56 Å². The summed E-state index contributed by atoms with van der Waals surface area (Å²) in [6.07, 6.45) is 2.39. The Hall–Kier alpha value is -1.82. The molecule has 1 aromatic heterocycles. The number of ether oxygens (including phenoxy) is 1. The van der Waals surface area contributed by atoms with Gasteiger partial charge >= 0.3 is 11.9 Å². The topological polar surface area (TPSA) is 80.6 Å². The Bertz CT molecular complexity index is 491. The second-order valence-electron chi connectivity index (χ2n) is 5.45. The molecule has 1 heterocycles. The Morgan fingerprint density at radius 2 is 2.10 bits per heavy atom. The minimum atomic E-state index is -0.799. The lowest BCUT2D eigenvalue weighted by molar-refractivity contribution is -0.147. The zero-order valence-electron chi connectivity index (χ0n) is 12.4. The summed E-state index contributed by atoms with van der Waals surface area (Å²) < 4.78 is 6.39. The summed E-state index contributed by atoms with van der Waals surface area (Å²) in [7, 11) is 3.13. The van der Waals surface area contributed by atoms with E-state index in [2.05, 4.69) is 10.1 Å². The van der Waals surface area contributed by atoms with Gasteiger partial charge in [-0.25, -0.2) is 4.79 Å². The fourth-order valence-electron chi connectivity index (χ4n) is 1.78. The lowest BCUT2D eigenvalue weighted by atomic mass is 9.90. The SMILES string of the molecule is COC(=O)c1cc(CNCCC(C)(C)C(=O)O)cn1C. The maximum atomic E-state index is 11.5. The predicted octanol–water partition coefficient (Wildman–Crippen LogP) is 1.40. The van der Waals surface area contributed by atoms with Crippen molar-refractivity contribution < 1.29 is 19.4 Å². The van der Waals surface area contributed by atoms with Crippen LogP contribution in [0.2, 0.25) is 0 Å². The van der Waals surface area contributed by atoms with E-state index in [0.29, 0.717) is 25.2 Å². The highest BCUT2D eigenvalue weighted by atomic mass is 16.5. The molecule has 0 radical (unpaired) electrons. The summed E-state index contributed by atoms with van der Waals surface area (Å²) in [5.74, 6) is -1.17. The number of hydrogen-bond donors (Lipinski definition) is 2. The minimum Gasteiger partial charge on any atom is -0.481 e. The fourth-order valence-corrected chi connectivity index (χ4v) is 1.78. The number of aryl methyl sites for hydroxylation is 1. The molecular weight excluding hydrogens is 260 g/mol. The zero-order valence-corrected chi connectivity index (χ0v) is 12.4. The van der Waals surface area contributed by atoms with Crippen LogP contribution < -0.4 is 5.32 Å². The van der Waals surface area contributed by atoms with Crippen molar-refractivity contribution in [2.24, 2.45) is 12.5 Å². The van der Waals surface area contributed by atoms with E-state index in [1.807, 2.05) is 6.20 Å². The number of esters is 1. The molecule has 0 aliphatic carbocycles. The number of nitrogens with zero attached hydrogens (tertiary/aromatic N) is 1. The van der Waals surface area contributed by atoms with E-state index < -0.39 is 11.4 Å². The zero-order chi connectivity index (χ0) is 15.3. The van der Waals surface area contributed by atoms with Gasteiger partial charge in [-0.3, -0.25) is 4.79 Å². The number of aromatic nitrogens is 1. The molecule has 0 atom stereocenters. The molecule has 0 aliphatic rings. The van der Waals surface area contributed by atoms with Crippen LogP contribution in [0.5, 0.6) is 0 Å². The lowest BCUT2D eigenvalue weighted by Gasteiger charge is -2.18. The number of carbonyl (C=O) groups is 2. The van der Waals surface area contributed by atoms with Crippen molar-refractivity contribution in [1.29, 1.82) is 0 Å². The first-order valence-electron chi connectivity index (χ1n) is 6.45. The Labute approximate surface area is 118 Å². The molecule has 1 rings (SSSR count). The third-order valence-corrected chi connectivity index (χ3v) is 3.29. The Kier molecular flexibility index (Phi) is 5.33. The van der Waals surface area contributed by atoms with Crippen molar-refractivity contribution >= 4 is 11.9 Å². The van der Waals surface area contributed by atoms with E-state index in [4.69, 9.17) is 5.11 Å². The first-order valence-corrected chi connectivity index (χ1v) is 6.45. The Balaban J connectivity index is 2.47. The van der Waals surface area contributed by atoms with Crippen LogP contribution in [-0.2, 0) is 23.1 Å². The normalized spacial score (nSPS) is 11.4. The average molecular weight is 282 g/mol. The molecule has 0 aromatic carbocycles. The average Bonchev–Trinajstić information content (AvgIpc) is 2.75. The summed E-state index contributed by atoms with van der Waals surface area (Å²) in [6.45, 7) is 4.59. The van der Waals surface area contributed by atoms with Crippen molar-refractivity contribution in [2.75, 3.05) is 13.7 Å². The first-order chi connectivity index (χ1) is 9.27. The molecule has 2 N–H and O–H groups in total. The van der Waals surface area contributed by atoms with Gasteiger partial charge in [-0.1, -0.05) is 0 Å². The van der Waals surface area contributed by atoms with Gasteiger partial charge in [-0.2, -0.15) is 0 Å². The predicted molar refractivity (Wildman–Crippen MR) is 74.5 cm³/mol. The second kappa shape index (κ2) is 6.56. The molecule has 20 heavy (non-hydrogen) atoms. The minimum absolute atomic E-state index is 0.370. The van der Waals surface area contributed by atoms with Gasteiger partial charge in [0.15, 0.2) is 0 Å². The van der Waals surface area contributed by atoms with Gasteiger partial charge in [-0.05, 0) is 38.4 Å². The van der Waals surface area contributed by atoms with Crippen molar-refractivity contribution in [3.8, 4) is 0 Å². The summed E-state index contributed by atoms with van der Waals surface area (Å²) in [4.78, 5) is 22.4. The van der Waals surface area contributed by atoms with Gasteiger partial charge in [0.1, 0.15) is 5.69 Å². The van der Waals surface area contributed by atoms with Crippen LogP contribution in [0.3, 0.4) is 0 Å². The number of rotatable bonds is 7. The molecule has 0 fully saturated rings. The molecule has 0 saturated heterocycles. The fraction of sp³-hybridized carbons (Fsp3) is 0.571. The van der Waals surface area contributed by atoms with Gasteiger partial charge in [0.2, 0.25) is 0 Å². The Morgan fingerprint density at radius 3 is 2.65 bits per heavy atom. The van der Waals surface area contributed by atoms with Crippen LogP contribution in [0.1, 0.15) is 36.3 Å². The van der Waals surface area contributed by atoms with Gasteiger partial charge < -0.3 is 19.7 Å². The van der Waals surface area contributed by atoms with Gasteiger partial charge in [-0.15, -0.1) is 0 Å². The third-order valence-electron chi connectivity index (χ3n) is 3.29. The number of nitrogens with one attached hydrogen (secondary N) is 1. The number of hydrogen-bond acceptors (Lipinski definition) is 4. The van der Waals surface area contributed by atoms with Crippen molar-refractivity contribution in [2.45, 2.75) is 26.8 Å². The summed E-state index contributed by atoms with van der Waals surface area (Å²) >= 11 is 0. The van der Waals surface area contributed by atoms with E-state index in [1.54, 1.807) is 31.5 Å². The summed E-state index contributed by atoms with van der Waals surface area (Å²) in [5.41, 5.74) is 0.720. The largest absolute Gasteiger partial charge is 0.481 e. The van der Waals surface area contributed by atoms with Crippen LogP contribution in [0.25, 0.3) is 0 Å². The van der Waals surface area contributed by atoms with Gasteiger partial charge in [0.25, 0.3) is 0 Å². The van der Waals surface area contributed by atoms with E-state index in [1.165, 1.54) is 7.11 Å². The van der Waals surface area contributed by atoms with Crippen molar-refractivity contribution in [1.82, 2.24) is 9.88 Å². The maximum absolute atomic E-state index is 11.5. The maximum Gasteiger partial charge on any atom is 0.354 e. The Morgan fingerprint density at radius 1 is 1.45 bits per heavy atom. The van der Waals surface area contributed by atoms with Crippen LogP contribution in [-0.4, -0.2) is 35.3 Å². The van der Waals surface area contributed by atoms with E-state index in [-0.39, 0.29) is 5.97 Å². The van der Waals surface area contributed by atoms with E-state index >= 15 is 0 Å². The monoisotopic (exact) mass is 282 g/mol. The third kappa shape index (κ3) is 4.09. The number of methoxy groups -OCH3 is 1. The second-order valence-corrected chi connectivity index (χ2v) is 5.45. The number of carbonyl (C=O) groups excluding carboxylic acids is 1. The molecule has 0 aliphatic heterocycles. The molecule has 0 amide bonds. The molecule has 6 nitrogen and oxygen atoms in total. The molecule has 0 saturated carbocycles. The van der Waals surface area contributed by atoms with Gasteiger partial charge in [0, 0.05) is 19.8 Å². The smallest absolute Gasteiger partial charge is 0.354 e. The molecule has 112 valence electrons. The summed E-state index contributed by atoms with van der Waals surface area (Å²) in [5, 5.41) is 12.2. The van der Waals surface area contributed by atoms with Crippen molar-refractivity contribution in [3.05, 3.63) is 23.5 Å². The van der Waals surface area contributed by atoms with Crippen LogP contribution in [0.4, 0.5) is 0 Å². The molecule has 0 spiro atoms. The molecule has 0 unspecified atom stereocenters. The lowest BCUT2D eigenvalue weighted by Crippen LogP contribution is -2.28. The quantitative estimate of drug-likeness (QED) is 0.583. The van der Waals surface area contributed by atoms with Gasteiger partial charge in [0.05, 0.1) is 12.5 Å². The molecular formula is C14H22N2O4. The highest BCUT2D eigenvalue weighted by Crippen LogP contribution is 2.19. The number of aliphatic carboxylic acids is 1. The highest BCUT2D eigenvalue weighted by Gasteiger charge is 2.26. The van der Waals surface area contributed by atoms with Crippen molar-refractivity contribution in [3.63, 3.8) is 0 Å². The molecule has 1 aromatic rings. The molecule has 6 heteroatoms. The number of carboxylic acids is 1. The van der Waals surface area contributed by atoms with Crippen LogP contribution in [0, 0.1) is 5.41 Å². The first kappa shape index (κ1) is 16.2. The standard InChI is InChI=1S/C14H22N2O4/c1-14(2,13(18)19)5-6-15-8-10-7-11(12(17)20-4)16(3)9-10/h7,9,15H,5-6,8H2,1-4H3,(H,18,19). The van der Waals surface area contributed by atoms with Crippen LogP contribution in [0.15, 0.2) is 12.3 Å². The van der Waals surface area contributed by atoms with Crippen LogP contribution >= 0.6 is 0 Å². The number of carboxylic acid groups (broad SMARTS) is 1. The molecule has 0 bridgehead atoms. The highest BCUT2D eigenvalue weighted by molar-refractivity contribution is 5.87. The summed E-state index contributed by atoms with van der Waals surface area (Å²) in [6, 6.07) is 1.77.